The van der Waals surface area contributed by atoms with Crippen molar-refractivity contribution in [1.29, 1.82) is 0 Å². The zero-order valence-corrected chi connectivity index (χ0v) is 11.4. The molecule has 0 saturated carbocycles. The van der Waals surface area contributed by atoms with Crippen LogP contribution in [0.15, 0.2) is 24.3 Å². The van der Waals surface area contributed by atoms with Crippen LogP contribution >= 0.6 is 0 Å². The van der Waals surface area contributed by atoms with Crippen LogP contribution in [0.5, 0.6) is 5.75 Å². The first-order valence-corrected chi connectivity index (χ1v) is 6.69. The second-order valence-electron chi connectivity index (χ2n) is 4.83. The van der Waals surface area contributed by atoms with Crippen molar-refractivity contribution in [1.82, 2.24) is 10.6 Å². The minimum atomic E-state index is -1.11. The maximum atomic E-state index is 12.0. The molecule has 0 aromatic heterocycles. The first-order valence-electron chi connectivity index (χ1n) is 6.69. The summed E-state index contributed by atoms with van der Waals surface area (Å²) in [4.78, 5) is 23.2. The largest absolute Gasteiger partial charge is 0.508 e. The van der Waals surface area contributed by atoms with Gasteiger partial charge < -0.3 is 25.6 Å². The maximum absolute atomic E-state index is 12.0. The van der Waals surface area contributed by atoms with Gasteiger partial charge in [0, 0.05) is 19.5 Å². The van der Waals surface area contributed by atoms with E-state index in [9.17, 15) is 19.8 Å². The molecule has 1 fully saturated rings. The summed E-state index contributed by atoms with van der Waals surface area (Å²) >= 11 is 0. The van der Waals surface area contributed by atoms with Crippen molar-refractivity contribution < 1.29 is 24.5 Å². The molecule has 0 spiro atoms. The fourth-order valence-corrected chi connectivity index (χ4v) is 2.07. The van der Waals surface area contributed by atoms with Crippen molar-refractivity contribution in [2.45, 2.75) is 18.6 Å². The number of amides is 1. The standard InChI is InChI=1S/C14H18N2O5/c17-10-3-1-9(2-4-10)7-11(14(19)20)16-13(18)12-8-15-5-6-21-12/h1-4,11-12,15,17H,5-8H2,(H,16,18)(H,19,20)/t11-,12?/m0/s1. The molecule has 1 saturated heterocycles. The topological polar surface area (TPSA) is 108 Å². The van der Waals surface area contributed by atoms with E-state index in [2.05, 4.69) is 10.6 Å². The molecule has 1 aromatic rings. The van der Waals surface area contributed by atoms with E-state index in [0.29, 0.717) is 25.3 Å². The summed E-state index contributed by atoms with van der Waals surface area (Å²) in [6.07, 6.45) is -0.526. The second kappa shape index (κ2) is 7.05. The lowest BCUT2D eigenvalue weighted by molar-refractivity contribution is -0.144. The SMILES string of the molecule is O=C(N[C@@H](Cc1ccc(O)cc1)C(=O)O)C1CNCCO1. The third-order valence-electron chi connectivity index (χ3n) is 3.21. The highest BCUT2D eigenvalue weighted by Gasteiger charge is 2.27. The molecule has 21 heavy (non-hydrogen) atoms. The Bertz CT molecular complexity index is 497. The summed E-state index contributed by atoms with van der Waals surface area (Å²) in [6.45, 7) is 1.48. The van der Waals surface area contributed by atoms with Crippen molar-refractivity contribution in [3.05, 3.63) is 29.8 Å². The number of carboxylic acid groups (broad SMARTS) is 1. The van der Waals surface area contributed by atoms with E-state index in [-0.39, 0.29) is 12.2 Å². The number of aliphatic carboxylic acids is 1. The molecular weight excluding hydrogens is 276 g/mol. The van der Waals surface area contributed by atoms with Crippen LogP contribution in [0.25, 0.3) is 0 Å². The minimum absolute atomic E-state index is 0.108. The van der Waals surface area contributed by atoms with E-state index in [1.54, 1.807) is 12.1 Å². The number of phenolic OH excluding ortho intramolecular Hbond substituents is 1. The maximum Gasteiger partial charge on any atom is 0.326 e. The van der Waals surface area contributed by atoms with Crippen LogP contribution in [-0.2, 0) is 20.7 Å². The van der Waals surface area contributed by atoms with Crippen LogP contribution in [0, 0.1) is 0 Å². The third-order valence-corrected chi connectivity index (χ3v) is 3.21. The molecule has 1 aliphatic heterocycles. The molecule has 1 unspecified atom stereocenters. The molecule has 7 heteroatoms. The van der Waals surface area contributed by atoms with Crippen molar-refractivity contribution in [3.8, 4) is 5.75 Å². The molecule has 114 valence electrons. The summed E-state index contributed by atoms with van der Waals surface area (Å²) in [6, 6.07) is 5.16. The van der Waals surface area contributed by atoms with Crippen LogP contribution in [0.3, 0.4) is 0 Å². The van der Waals surface area contributed by atoms with Gasteiger partial charge in [-0.2, -0.15) is 0 Å². The van der Waals surface area contributed by atoms with Crippen LogP contribution in [0.2, 0.25) is 0 Å². The molecule has 1 aromatic carbocycles. The third kappa shape index (κ3) is 4.44. The Morgan fingerprint density at radius 1 is 1.38 bits per heavy atom. The zero-order valence-electron chi connectivity index (χ0n) is 11.4. The number of phenols is 1. The number of carboxylic acids is 1. The van der Waals surface area contributed by atoms with Crippen LogP contribution in [0.1, 0.15) is 5.56 Å². The number of nitrogens with one attached hydrogen (secondary N) is 2. The van der Waals surface area contributed by atoms with Gasteiger partial charge in [0.1, 0.15) is 17.9 Å². The second-order valence-corrected chi connectivity index (χ2v) is 4.83. The van der Waals surface area contributed by atoms with Gasteiger partial charge >= 0.3 is 5.97 Å². The highest BCUT2D eigenvalue weighted by molar-refractivity contribution is 5.86. The Balaban J connectivity index is 1.96. The number of carbonyl (C=O) groups excluding carboxylic acids is 1. The van der Waals surface area contributed by atoms with Gasteiger partial charge in [-0.15, -0.1) is 0 Å². The molecule has 0 bridgehead atoms. The summed E-state index contributed by atoms with van der Waals surface area (Å²) in [5, 5.41) is 23.9. The highest BCUT2D eigenvalue weighted by Crippen LogP contribution is 2.11. The number of benzene rings is 1. The first kappa shape index (κ1) is 15.3. The minimum Gasteiger partial charge on any atom is -0.508 e. The Morgan fingerprint density at radius 2 is 2.10 bits per heavy atom. The normalized spacial score (nSPS) is 19.7. The number of ether oxygens (including phenoxy) is 1. The number of hydrogen-bond donors (Lipinski definition) is 4. The van der Waals surface area contributed by atoms with Gasteiger partial charge in [0.25, 0.3) is 5.91 Å². The van der Waals surface area contributed by atoms with E-state index in [1.807, 2.05) is 0 Å². The lowest BCUT2D eigenvalue weighted by Crippen LogP contribution is -2.52. The number of hydrogen-bond acceptors (Lipinski definition) is 5. The van der Waals surface area contributed by atoms with E-state index in [1.165, 1.54) is 12.1 Å². The predicted octanol–water partition coefficient (Wildman–Crippen LogP) is -0.508. The number of rotatable bonds is 5. The molecule has 4 N–H and O–H groups in total. The first-order chi connectivity index (χ1) is 10.1. The number of carbonyl (C=O) groups is 2. The van der Waals surface area contributed by atoms with Gasteiger partial charge in [0.05, 0.1) is 6.61 Å². The van der Waals surface area contributed by atoms with Crippen molar-refractivity contribution in [2.75, 3.05) is 19.7 Å². The fraction of sp³-hybridized carbons (Fsp3) is 0.429. The quantitative estimate of drug-likeness (QED) is 0.583. The van der Waals surface area contributed by atoms with Crippen molar-refractivity contribution in [3.63, 3.8) is 0 Å². The molecule has 0 aliphatic carbocycles. The summed E-state index contributed by atoms with van der Waals surface area (Å²) in [5.74, 6) is -1.44. The number of morpholine rings is 1. The monoisotopic (exact) mass is 294 g/mol. The van der Waals surface area contributed by atoms with E-state index in [0.717, 1.165) is 0 Å². The van der Waals surface area contributed by atoms with E-state index in [4.69, 9.17) is 4.74 Å². The Morgan fingerprint density at radius 3 is 2.67 bits per heavy atom. The molecule has 1 amide bonds. The zero-order chi connectivity index (χ0) is 15.2. The van der Waals surface area contributed by atoms with Gasteiger partial charge in [-0.3, -0.25) is 4.79 Å². The van der Waals surface area contributed by atoms with Crippen molar-refractivity contribution >= 4 is 11.9 Å². The van der Waals surface area contributed by atoms with Crippen LogP contribution in [0.4, 0.5) is 0 Å². The Kier molecular flexibility index (Phi) is 5.13. The lowest BCUT2D eigenvalue weighted by atomic mass is 10.1. The Labute approximate surface area is 121 Å². The van der Waals surface area contributed by atoms with Crippen LogP contribution < -0.4 is 10.6 Å². The molecule has 2 rings (SSSR count). The predicted molar refractivity (Wildman–Crippen MR) is 74.0 cm³/mol. The Hall–Kier alpha value is -2.12. The average molecular weight is 294 g/mol. The summed E-state index contributed by atoms with van der Waals surface area (Å²) in [7, 11) is 0. The molecule has 1 heterocycles. The van der Waals surface area contributed by atoms with Gasteiger partial charge in [-0.1, -0.05) is 12.1 Å². The summed E-state index contributed by atoms with van der Waals surface area (Å²) < 4.78 is 5.29. The summed E-state index contributed by atoms with van der Waals surface area (Å²) in [5.41, 5.74) is 0.711. The van der Waals surface area contributed by atoms with Gasteiger partial charge in [-0.05, 0) is 17.7 Å². The average Bonchev–Trinajstić information content (AvgIpc) is 2.49. The number of aromatic hydroxyl groups is 1. The van der Waals surface area contributed by atoms with E-state index < -0.39 is 24.0 Å². The molecular formula is C14H18N2O5. The van der Waals surface area contributed by atoms with Gasteiger partial charge in [-0.25, -0.2) is 4.79 Å². The molecule has 2 atom stereocenters. The molecule has 0 radical (unpaired) electrons. The smallest absolute Gasteiger partial charge is 0.326 e. The van der Waals surface area contributed by atoms with Gasteiger partial charge in [0.15, 0.2) is 0 Å². The van der Waals surface area contributed by atoms with Crippen molar-refractivity contribution in [2.24, 2.45) is 0 Å². The fourth-order valence-electron chi connectivity index (χ4n) is 2.07. The van der Waals surface area contributed by atoms with E-state index >= 15 is 0 Å². The highest BCUT2D eigenvalue weighted by atomic mass is 16.5. The lowest BCUT2D eigenvalue weighted by Gasteiger charge is -2.24. The van der Waals surface area contributed by atoms with Crippen LogP contribution in [-0.4, -0.2) is 53.9 Å². The molecule has 1 aliphatic rings. The van der Waals surface area contributed by atoms with Gasteiger partial charge in [0.2, 0.25) is 0 Å². The molecule has 7 nitrogen and oxygen atoms in total.